The number of carbonyl (C=O) groups excluding carboxylic acids is 1. The lowest BCUT2D eigenvalue weighted by atomic mass is 10.1. The molecule has 11 heteroatoms. The predicted molar refractivity (Wildman–Crippen MR) is 110 cm³/mol. The Balaban J connectivity index is 2.02. The van der Waals surface area contributed by atoms with E-state index >= 15 is 0 Å². The van der Waals surface area contributed by atoms with Gasteiger partial charge >= 0.3 is 12.1 Å². The van der Waals surface area contributed by atoms with Gasteiger partial charge in [-0.2, -0.15) is 17.5 Å². The lowest BCUT2D eigenvalue weighted by Crippen LogP contribution is -2.30. The van der Waals surface area contributed by atoms with Crippen LogP contribution in [0.25, 0.3) is 17.3 Å². The summed E-state index contributed by atoms with van der Waals surface area (Å²) in [5, 5.41) is 0. The van der Waals surface area contributed by atoms with E-state index in [0.29, 0.717) is 18.4 Å². The lowest BCUT2D eigenvalue weighted by Gasteiger charge is -2.18. The smallest absolute Gasteiger partial charge is 0.416 e. The zero-order chi connectivity index (χ0) is 23.5. The molecule has 0 spiro atoms. The van der Waals surface area contributed by atoms with E-state index in [4.69, 9.17) is 9.47 Å². The van der Waals surface area contributed by atoms with Crippen molar-refractivity contribution >= 4 is 22.1 Å². The van der Waals surface area contributed by atoms with Crippen LogP contribution in [0.3, 0.4) is 0 Å². The zero-order valence-corrected chi connectivity index (χ0v) is 18.1. The summed E-state index contributed by atoms with van der Waals surface area (Å²) in [5.41, 5.74) is -0.730. The molecule has 1 saturated heterocycles. The quantitative estimate of drug-likeness (QED) is 0.334. The molecular formula is C21H21F3N2O5S. The van der Waals surface area contributed by atoms with E-state index in [2.05, 4.69) is 4.98 Å². The molecule has 1 aliphatic rings. The van der Waals surface area contributed by atoms with Gasteiger partial charge in [-0.25, -0.2) is 18.2 Å². The Bertz CT molecular complexity index is 1130. The fraction of sp³-hybridized carbons (Fsp3) is 0.333. The molecule has 2 aromatic rings. The van der Waals surface area contributed by atoms with Crippen LogP contribution in [0.2, 0.25) is 0 Å². The van der Waals surface area contributed by atoms with Gasteiger partial charge in [0, 0.05) is 25.2 Å². The van der Waals surface area contributed by atoms with Crippen LogP contribution in [-0.2, 0) is 30.5 Å². The molecule has 1 aromatic carbocycles. The van der Waals surface area contributed by atoms with Gasteiger partial charge in [-0.05, 0) is 43.3 Å². The van der Waals surface area contributed by atoms with E-state index in [-0.39, 0.29) is 30.5 Å². The summed E-state index contributed by atoms with van der Waals surface area (Å²) in [4.78, 5) is 15.2. The number of epoxide rings is 1. The number of benzene rings is 1. The summed E-state index contributed by atoms with van der Waals surface area (Å²) in [7, 11) is -2.91. The van der Waals surface area contributed by atoms with Crippen molar-refractivity contribution in [2.75, 3.05) is 26.8 Å². The summed E-state index contributed by atoms with van der Waals surface area (Å²) in [6, 6.07) is 7.13. The van der Waals surface area contributed by atoms with E-state index < -0.39 is 32.6 Å². The second kappa shape index (κ2) is 9.39. The lowest BCUT2D eigenvalue weighted by molar-refractivity contribution is -0.138. The first-order valence-corrected chi connectivity index (χ1v) is 11.1. The summed E-state index contributed by atoms with van der Waals surface area (Å²) < 4.78 is 77.1. The van der Waals surface area contributed by atoms with Crippen LogP contribution in [0.1, 0.15) is 18.2 Å². The first kappa shape index (κ1) is 23.9. The Kier molecular flexibility index (Phi) is 7.01. The molecule has 1 aromatic heterocycles. The first-order valence-electron chi connectivity index (χ1n) is 9.63. The van der Waals surface area contributed by atoms with Gasteiger partial charge in [-0.3, -0.25) is 0 Å². The SMILES string of the molecule is CCOC(=O)/C=C/c1cccc(-c2cc(C(F)(F)F)cc(S(=O)(=O)N(C)C[C@H]3CO3)c2)n1. The molecule has 3 rings (SSSR count). The Morgan fingerprint density at radius 3 is 2.66 bits per heavy atom. The van der Waals surface area contributed by atoms with Gasteiger partial charge in [-0.15, -0.1) is 0 Å². The van der Waals surface area contributed by atoms with E-state index in [1.54, 1.807) is 13.0 Å². The number of aromatic nitrogens is 1. The van der Waals surface area contributed by atoms with Gasteiger partial charge < -0.3 is 9.47 Å². The number of alkyl halides is 3. The van der Waals surface area contributed by atoms with Crippen molar-refractivity contribution in [3.63, 3.8) is 0 Å². The van der Waals surface area contributed by atoms with Gasteiger partial charge in [0.25, 0.3) is 0 Å². The molecule has 172 valence electrons. The van der Waals surface area contributed by atoms with Crippen LogP contribution < -0.4 is 0 Å². The standard InChI is InChI=1S/C21H21F3N2O5S/c1-3-30-20(27)8-7-16-5-4-6-19(25-16)14-9-15(21(22,23)24)11-18(10-14)32(28,29)26(2)12-17-13-31-17/h4-11,17H,3,12-13H2,1-2H3/b8-7+/t17-/m0/s1. The Hall–Kier alpha value is -2.76. The molecule has 32 heavy (non-hydrogen) atoms. The highest BCUT2D eigenvalue weighted by atomic mass is 32.2. The number of hydrogen-bond donors (Lipinski definition) is 0. The van der Waals surface area contributed by atoms with Crippen LogP contribution in [0, 0.1) is 0 Å². The van der Waals surface area contributed by atoms with Crippen molar-refractivity contribution in [2.24, 2.45) is 0 Å². The highest BCUT2D eigenvalue weighted by Gasteiger charge is 2.35. The molecule has 1 fully saturated rings. The number of rotatable bonds is 8. The average Bonchev–Trinajstić information content (AvgIpc) is 3.55. The Labute approximate surface area is 183 Å². The molecule has 7 nitrogen and oxygen atoms in total. The van der Waals surface area contributed by atoms with Crippen molar-refractivity contribution < 1.29 is 35.9 Å². The maximum absolute atomic E-state index is 13.5. The zero-order valence-electron chi connectivity index (χ0n) is 17.3. The van der Waals surface area contributed by atoms with Crippen LogP contribution in [0.5, 0.6) is 0 Å². The number of likely N-dealkylation sites (N-methyl/N-ethyl adjacent to an activating group) is 1. The van der Waals surface area contributed by atoms with E-state index in [1.165, 1.54) is 25.3 Å². The highest BCUT2D eigenvalue weighted by Crippen LogP contribution is 2.35. The van der Waals surface area contributed by atoms with Gasteiger partial charge in [-0.1, -0.05) is 6.07 Å². The highest BCUT2D eigenvalue weighted by molar-refractivity contribution is 7.89. The summed E-state index contributed by atoms with van der Waals surface area (Å²) in [5.74, 6) is -0.588. The molecule has 0 bridgehead atoms. The third-order valence-electron chi connectivity index (χ3n) is 4.55. The minimum Gasteiger partial charge on any atom is -0.463 e. The van der Waals surface area contributed by atoms with E-state index in [9.17, 15) is 26.4 Å². The van der Waals surface area contributed by atoms with Gasteiger partial charge in [0.1, 0.15) is 0 Å². The number of ether oxygens (including phenoxy) is 2. The molecule has 0 radical (unpaired) electrons. The second-order valence-electron chi connectivity index (χ2n) is 7.02. The van der Waals surface area contributed by atoms with Crippen LogP contribution >= 0.6 is 0 Å². The van der Waals surface area contributed by atoms with Crippen molar-refractivity contribution in [2.45, 2.75) is 24.1 Å². The topological polar surface area (TPSA) is 89.1 Å². The van der Waals surface area contributed by atoms with Gasteiger partial charge in [0.05, 0.1) is 41.2 Å². The fourth-order valence-corrected chi connectivity index (χ4v) is 4.12. The van der Waals surface area contributed by atoms with Crippen molar-refractivity contribution in [1.29, 1.82) is 0 Å². The Morgan fingerprint density at radius 2 is 2.03 bits per heavy atom. The summed E-state index contributed by atoms with van der Waals surface area (Å²) >= 11 is 0. The van der Waals surface area contributed by atoms with Gasteiger partial charge in [0.2, 0.25) is 10.0 Å². The normalized spacial score (nSPS) is 16.5. The van der Waals surface area contributed by atoms with E-state index in [1.807, 2.05) is 0 Å². The second-order valence-corrected chi connectivity index (χ2v) is 9.06. The molecule has 2 heterocycles. The third-order valence-corrected chi connectivity index (χ3v) is 6.35. The van der Waals surface area contributed by atoms with Gasteiger partial charge in [0.15, 0.2) is 0 Å². The summed E-state index contributed by atoms with van der Waals surface area (Å²) in [6.45, 7) is 2.29. The number of sulfonamides is 1. The minimum atomic E-state index is -4.76. The molecule has 0 unspecified atom stereocenters. The molecule has 1 aliphatic heterocycles. The van der Waals surface area contributed by atoms with Crippen LogP contribution in [0.15, 0.2) is 47.4 Å². The molecular weight excluding hydrogens is 449 g/mol. The molecule has 0 aliphatic carbocycles. The molecule has 0 amide bonds. The number of hydrogen-bond acceptors (Lipinski definition) is 6. The number of carbonyl (C=O) groups is 1. The third kappa shape index (κ3) is 5.93. The number of halogens is 3. The number of nitrogens with zero attached hydrogens (tertiary/aromatic N) is 2. The molecule has 0 N–H and O–H groups in total. The average molecular weight is 470 g/mol. The van der Waals surface area contributed by atoms with Crippen molar-refractivity contribution in [3.05, 3.63) is 53.7 Å². The van der Waals surface area contributed by atoms with Crippen molar-refractivity contribution in [1.82, 2.24) is 9.29 Å². The van der Waals surface area contributed by atoms with Crippen molar-refractivity contribution in [3.8, 4) is 11.3 Å². The largest absolute Gasteiger partial charge is 0.463 e. The first-order chi connectivity index (χ1) is 15.0. The predicted octanol–water partition coefficient (Wildman–Crippen LogP) is 3.36. The maximum atomic E-state index is 13.5. The monoisotopic (exact) mass is 470 g/mol. The molecule has 1 atom stereocenters. The maximum Gasteiger partial charge on any atom is 0.416 e. The molecule has 0 saturated carbocycles. The van der Waals surface area contributed by atoms with Crippen LogP contribution in [-0.4, -0.2) is 56.6 Å². The summed E-state index contributed by atoms with van der Waals surface area (Å²) in [6.07, 6.45) is -2.52. The Morgan fingerprint density at radius 1 is 1.31 bits per heavy atom. The number of esters is 1. The van der Waals surface area contributed by atoms with Crippen LogP contribution in [0.4, 0.5) is 13.2 Å². The van der Waals surface area contributed by atoms with E-state index in [0.717, 1.165) is 22.5 Å². The fourth-order valence-electron chi connectivity index (χ4n) is 2.85. The minimum absolute atomic E-state index is 0.0270. The number of pyridine rings is 1.